The van der Waals surface area contributed by atoms with Gasteiger partial charge in [-0.3, -0.25) is 4.90 Å². The van der Waals surface area contributed by atoms with Crippen LogP contribution in [0.1, 0.15) is 11.9 Å². The zero-order valence-corrected chi connectivity index (χ0v) is 13.0. The summed E-state index contributed by atoms with van der Waals surface area (Å²) in [6.07, 6.45) is 0. The Morgan fingerprint density at radius 3 is 3.15 bits per heavy atom. The van der Waals surface area contributed by atoms with E-state index in [0.29, 0.717) is 5.89 Å². The van der Waals surface area contributed by atoms with Crippen molar-refractivity contribution in [1.82, 2.24) is 20.4 Å². The first-order chi connectivity index (χ1) is 9.29. The second-order valence-corrected chi connectivity index (χ2v) is 5.39. The van der Waals surface area contributed by atoms with Crippen molar-refractivity contribution in [3.05, 3.63) is 17.3 Å². The van der Waals surface area contributed by atoms with Gasteiger partial charge in [0.1, 0.15) is 10.6 Å². The standard InChI is InChI=1S/C12H16N4O2S.ClH/c1-16-5-4-13-7-8(16)11-14-12(18-15-11)10-9(17-2)3-6-19-10;/h3,6,8,13H,4-5,7H2,1-2H3;1H. The van der Waals surface area contributed by atoms with Crippen LogP contribution < -0.4 is 10.1 Å². The lowest BCUT2D eigenvalue weighted by molar-refractivity contribution is 0.190. The molecule has 1 saturated heterocycles. The molecule has 110 valence electrons. The molecule has 6 nitrogen and oxygen atoms in total. The highest BCUT2D eigenvalue weighted by molar-refractivity contribution is 7.13. The predicted octanol–water partition coefficient (Wildman–Crippen LogP) is 1.80. The number of ether oxygens (including phenoxy) is 1. The Bertz CT molecular complexity index is 559. The summed E-state index contributed by atoms with van der Waals surface area (Å²) in [6, 6.07) is 2.07. The van der Waals surface area contributed by atoms with Crippen molar-refractivity contribution in [2.24, 2.45) is 0 Å². The van der Waals surface area contributed by atoms with E-state index in [2.05, 4.69) is 27.4 Å². The quantitative estimate of drug-likeness (QED) is 0.931. The van der Waals surface area contributed by atoms with Gasteiger partial charge in [-0.2, -0.15) is 4.98 Å². The van der Waals surface area contributed by atoms with Gasteiger partial charge in [0.25, 0.3) is 5.89 Å². The molecule has 3 heterocycles. The minimum absolute atomic E-state index is 0. The van der Waals surface area contributed by atoms with Crippen molar-refractivity contribution >= 4 is 23.7 Å². The normalized spacial score (nSPS) is 19.6. The largest absolute Gasteiger partial charge is 0.495 e. The summed E-state index contributed by atoms with van der Waals surface area (Å²) in [4.78, 5) is 7.62. The monoisotopic (exact) mass is 316 g/mol. The summed E-state index contributed by atoms with van der Waals surface area (Å²) in [5.74, 6) is 2.02. The third-order valence-corrected chi connectivity index (χ3v) is 4.18. The highest BCUT2D eigenvalue weighted by atomic mass is 35.5. The molecule has 1 atom stereocenters. The smallest absolute Gasteiger partial charge is 0.271 e. The molecule has 0 saturated carbocycles. The van der Waals surface area contributed by atoms with Gasteiger partial charge in [0.2, 0.25) is 0 Å². The zero-order chi connectivity index (χ0) is 13.2. The summed E-state index contributed by atoms with van der Waals surface area (Å²) in [5.41, 5.74) is 0. The number of piperazine rings is 1. The average molecular weight is 317 g/mol. The Labute approximate surface area is 127 Å². The van der Waals surface area contributed by atoms with Gasteiger partial charge in [-0.1, -0.05) is 5.16 Å². The third-order valence-electron chi connectivity index (χ3n) is 3.29. The number of aromatic nitrogens is 2. The second-order valence-electron chi connectivity index (χ2n) is 4.48. The Hall–Kier alpha value is -1.15. The molecule has 0 radical (unpaired) electrons. The number of hydrogen-bond acceptors (Lipinski definition) is 7. The first-order valence-electron chi connectivity index (χ1n) is 6.16. The minimum Gasteiger partial charge on any atom is -0.495 e. The fourth-order valence-corrected chi connectivity index (χ4v) is 2.95. The predicted molar refractivity (Wildman–Crippen MR) is 79.7 cm³/mol. The van der Waals surface area contributed by atoms with Crippen molar-refractivity contribution < 1.29 is 9.26 Å². The lowest BCUT2D eigenvalue weighted by Crippen LogP contribution is -2.44. The van der Waals surface area contributed by atoms with E-state index >= 15 is 0 Å². The van der Waals surface area contributed by atoms with Gasteiger partial charge in [0.05, 0.1) is 13.2 Å². The number of rotatable bonds is 3. The number of thiophene rings is 1. The number of methoxy groups -OCH3 is 1. The van der Waals surface area contributed by atoms with Crippen molar-refractivity contribution in [3.63, 3.8) is 0 Å². The van der Waals surface area contributed by atoms with Gasteiger partial charge in [-0.05, 0) is 18.5 Å². The molecule has 1 fully saturated rings. The van der Waals surface area contributed by atoms with Gasteiger partial charge in [0, 0.05) is 19.6 Å². The molecule has 3 rings (SSSR count). The molecule has 8 heteroatoms. The Morgan fingerprint density at radius 1 is 1.55 bits per heavy atom. The molecule has 0 aromatic carbocycles. The first kappa shape index (κ1) is 15.2. The van der Waals surface area contributed by atoms with Crippen LogP contribution in [0.4, 0.5) is 0 Å². The molecule has 2 aromatic heterocycles. The lowest BCUT2D eigenvalue weighted by Gasteiger charge is -2.30. The summed E-state index contributed by atoms with van der Waals surface area (Å²) in [5, 5.41) is 9.40. The first-order valence-corrected chi connectivity index (χ1v) is 7.04. The minimum atomic E-state index is 0. The molecule has 0 amide bonds. The van der Waals surface area contributed by atoms with Crippen LogP contribution in [-0.4, -0.2) is 48.8 Å². The molecular weight excluding hydrogens is 300 g/mol. The van der Waals surface area contributed by atoms with E-state index in [9.17, 15) is 0 Å². The second kappa shape index (κ2) is 6.53. The Balaban J connectivity index is 0.00000147. The number of nitrogens with zero attached hydrogens (tertiary/aromatic N) is 3. The molecule has 1 aliphatic heterocycles. The summed E-state index contributed by atoms with van der Waals surface area (Å²) in [7, 11) is 3.72. The number of halogens is 1. The molecule has 0 bridgehead atoms. The van der Waals surface area contributed by atoms with Crippen LogP contribution in [0.15, 0.2) is 16.0 Å². The molecule has 1 unspecified atom stereocenters. The van der Waals surface area contributed by atoms with Crippen LogP contribution in [0.5, 0.6) is 5.75 Å². The van der Waals surface area contributed by atoms with Crippen LogP contribution >= 0.6 is 23.7 Å². The fraction of sp³-hybridized carbons (Fsp3) is 0.500. The van der Waals surface area contributed by atoms with E-state index in [-0.39, 0.29) is 18.4 Å². The topological polar surface area (TPSA) is 63.4 Å². The number of likely N-dealkylation sites (N-methyl/N-ethyl adjacent to an activating group) is 1. The number of hydrogen-bond donors (Lipinski definition) is 1. The Kier molecular flexibility index (Phi) is 4.98. The van der Waals surface area contributed by atoms with Crippen molar-refractivity contribution in [3.8, 4) is 16.5 Å². The summed E-state index contributed by atoms with van der Waals surface area (Å²) >= 11 is 1.54. The van der Waals surface area contributed by atoms with Crippen LogP contribution in [0.25, 0.3) is 10.8 Å². The average Bonchev–Trinajstić information content (AvgIpc) is 3.07. The maximum Gasteiger partial charge on any atom is 0.271 e. The molecule has 0 spiro atoms. The molecule has 1 N–H and O–H groups in total. The van der Waals surface area contributed by atoms with Gasteiger partial charge in [0.15, 0.2) is 5.82 Å². The van der Waals surface area contributed by atoms with E-state index in [0.717, 1.165) is 36.1 Å². The molecular formula is C12H17ClN4O2S. The van der Waals surface area contributed by atoms with Crippen LogP contribution in [0, 0.1) is 0 Å². The van der Waals surface area contributed by atoms with E-state index in [1.807, 2.05) is 11.4 Å². The molecule has 2 aromatic rings. The summed E-state index contributed by atoms with van der Waals surface area (Å²) < 4.78 is 10.6. The van der Waals surface area contributed by atoms with E-state index in [1.54, 1.807) is 7.11 Å². The highest BCUT2D eigenvalue weighted by Gasteiger charge is 2.26. The van der Waals surface area contributed by atoms with Crippen LogP contribution in [0.3, 0.4) is 0 Å². The maximum absolute atomic E-state index is 5.37. The van der Waals surface area contributed by atoms with Crippen molar-refractivity contribution in [2.75, 3.05) is 33.8 Å². The fourth-order valence-electron chi connectivity index (χ4n) is 2.17. The van der Waals surface area contributed by atoms with Crippen LogP contribution in [-0.2, 0) is 0 Å². The van der Waals surface area contributed by atoms with Crippen molar-refractivity contribution in [2.45, 2.75) is 6.04 Å². The third kappa shape index (κ3) is 2.80. The highest BCUT2D eigenvalue weighted by Crippen LogP contribution is 2.34. The molecule has 0 aliphatic carbocycles. The van der Waals surface area contributed by atoms with Gasteiger partial charge >= 0.3 is 0 Å². The van der Waals surface area contributed by atoms with Crippen molar-refractivity contribution in [1.29, 1.82) is 0 Å². The maximum atomic E-state index is 5.37. The Morgan fingerprint density at radius 2 is 2.40 bits per heavy atom. The van der Waals surface area contributed by atoms with Gasteiger partial charge in [-0.15, -0.1) is 23.7 Å². The van der Waals surface area contributed by atoms with E-state index in [4.69, 9.17) is 9.26 Å². The van der Waals surface area contributed by atoms with E-state index < -0.39 is 0 Å². The molecule has 1 aliphatic rings. The molecule has 20 heavy (non-hydrogen) atoms. The number of nitrogens with one attached hydrogen (secondary N) is 1. The van der Waals surface area contributed by atoms with Gasteiger partial charge in [-0.25, -0.2) is 0 Å². The van der Waals surface area contributed by atoms with E-state index in [1.165, 1.54) is 11.3 Å². The van der Waals surface area contributed by atoms with Crippen LogP contribution in [0.2, 0.25) is 0 Å². The lowest BCUT2D eigenvalue weighted by atomic mass is 10.2. The summed E-state index contributed by atoms with van der Waals surface area (Å²) in [6.45, 7) is 2.82. The van der Waals surface area contributed by atoms with Gasteiger partial charge < -0.3 is 14.6 Å². The SMILES string of the molecule is COc1ccsc1-c1nc(C2CNCCN2C)no1.Cl. The zero-order valence-electron chi connectivity index (χ0n) is 11.3.